The average Bonchev–Trinajstić information content (AvgIpc) is 3.59. The predicted octanol–water partition coefficient (Wildman–Crippen LogP) is 6.72. The van der Waals surface area contributed by atoms with Crippen molar-refractivity contribution in [3.05, 3.63) is 71.3 Å². The Kier molecular flexibility index (Phi) is 7.91. The number of rotatable bonds is 7. The second kappa shape index (κ2) is 11.2. The summed E-state index contributed by atoms with van der Waals surface area (Å²) in [5.74, 6) is 0.434. The first-order valence-corrected chi connectivity index (χ1v) is 15.4. The largest absolute Gasteiger partial charge is 0.497 e. The number of methoxy groups -OCH3 is 2. The molecular weight excluding hydrogens is 569 g/mol. The number of amides is 2. The maximum absolute atomic E-state index is 14.0. The SMILES string of the molecule is CCS(=O)(=O)c1ccc(CNC(=O)N2CC3(CCCC3)c3cc(-c4ccc(OC)cc4C(F)(F)F)ccc32)c(OC)c1. The minimum Gasteiger partial charge on any atom is -0.497 e. The Morgan fingerprint density at radius 1 is 1.00 bits per heavy atom. The third-order valence-electron chi connectivity index (χ3n) is 8.40. The average molecular weight is 603 g/mol. The topological polar surface area (TPSA) is 84.9 Å². The lowest BCUT2D eigenvalue weighted by Crippen LogP contribution is -2.41. The number of ether oxygens (including phenoxy) is 2. The van der Waals surface area contributed by atoms with Crippen LogP contribution in [0.25, 0.3) is 11.1 Å². The van der Waals surface area contributed by atoms with E-state index in [-0.39, 0.29) is 40.0 Å². The summed E-state index contributed by atoms with van der Waals surface area (Å²) in [6.45, 7) is 2.10. The molecule has 11 heteroatoms. The highest BCUT2D eigenvalue weighted by molar-refractivity contribution is 7.91. The number of halogens is 3. The molecule has 7 nitrogen and oxygen atoms in total. The quantitative estimate of drug-likeness (QED) is 0.324. The molecule has 1 spiro atoms. The van der Waals surface area contributed by atoms with Gasteiger partial charge in [-0.2, -0.15) is 13.2 Å². The fourth-order valence-electron chi connectivity index (χ4n) is 6.13. The predicted molar refractivity (Wildman–Crippen MR) is 154 cm³/mol. The number of fused-ring (bicyclic) bond motifs is 2. The van der Waals surface area contributed by atoms with Crippen LogP contribution >= 0.6 is 0 Å². The van der Waals surface area contributed by atoms with E-state index in [9.17, 15) is 26.4 Å². The molecule has 2 aliphatic rings. The van der Waals surface area contributed by atoms with Gasteiger partial charge >= 0.3 is 12.2 Å². The number of alkyl halides is 3. The zero-order valence-corrected chi connectivity index (χ0v) is 24.5. The third kappa shape index (κ3) is 5.42. The van der Waals surface area contributed by atoms with Crippen molar-refractivity contribution >= 4 is 21.6 Å². The van der Waals surface area contributed by atoms with Crippen molar-refractivity contribution in [2.75, 3.05) is 31.4 Å². The Hall–Kier alpha value is -3.73. The van der Waals surface area contributed by atoms with Crippen molar-refractivity contribution in [1.29, 1.82) is 0 Å². The highest BCUT2D eigenvalue weighted by Crippen LogP contribution is 2.52. The van der Waals surface area contributed by atoms with Crippen molar-refractivity contribution < 1.29 is 35.9 Å². The molecule has 42 heavy (non-hydrogen) atoms. The van der Waals surface area contributed by atoms with Crippen LogP contribution in [0.3, 0.4) is 0 Å². The zero-order chi connectivity index (χ0) is 30.3. The van der Waals surface area contributed by atoms with Crippen LogP contribution in [0.2, 0.25) is 0 Å². The fraction of sp³-hybridized carbons (Fsp3) is 0.387. The summed E-state index contributed by atoms with van der Waals surface area (Å²) in [5, 5.41) is 2.92. The molecule has 1 saturated carbocycles. The summed E-state index contributed by atoms with van der Waals surface area (Å²) in [5.41, 5.74) is 1.56. The molecule has 1 N–H and O–H groups in total. The molecule has 1 heterocycles. The molecule has 224 valence electrons. The van der Waals surface area contributed by atoms with Crippen molar-refractivity contribution in [2.45, 2.75) is 55.6 Å². The van der Waals surface area contributed by atoms with E-state index >= 15 is 0 Å². The summed E-state index contributed by atoms with van der Waals surface area (Å²) in [7, 11) is -0.653. The summed E-state index contributed by atoms with van der Waals surface area (Å²) in [6, 6.07) is 13.3. The number of nitrogens with one attached hydrogen (secondary N) is 1. The van der Waals surface area contributed by atoms with Gasteiger partial charge in [0.25, 0.3) is 0 Å². The Bertz CT molecular complexity index is 1620. The first-order chi connectivity index (χ1) is 19.9. The Morgan fingerprint density at radius 2 is 1.74 bits per heavy atom. The maximum Gasteiger partial charge on any atom is 0.417 e. The van der Waals surface area contributed by atoms with Crippen LogP contribution in [-0.2, 0) is 28.0 Å². The van der Waals surface area contributed by atoms with Gasteiger partial charge in [-0.25, -0.2) is 13.2 Å². The van der Waals surface area contributed by atoms with Gasteiger partial charge in [-0.15, -0.1) is 0 Å². The molecule has 0 bridgehead atoms. The van der Waals surface area contributed by atoms with Crippen LogP contribution in [0.4, 0.5) is 23.7 Å². The highest BCUT2D eigenvalue weighted by Gasteiger charge is 2.46. The summed E-state index contributed by atoms with van der Waals surface area (Å²) in [6.07, 6.45) is -0.953. The van der Waals surface area contributed by atoms with Crippen molar-refractivity contribution in [3.63, 3.8) is 0 Å². The summed E-state index contributed by atoms with van der Waals surface area (Å²) in [4.78, 5) is 15.3. The molecule has 1 aliphatic heterocycles. The first-order valence-electron chi connectivity index (χ1n) is 13.8. The molecule has 5 rings (SSSR count). The normalized spacial score (nSPS) is 16.0. The van der Waals surface area contributed by atoms with E-state index in [1.807, 2.05) is 0 Å². The lowest BCUT2D eigenvalue weighted by molar-refractivity contribution is -0.137. The Balaban J connectivity index is 1.45. The van der Waals surface area contributed by atoms with Crippen molar-refractivity contribution in [1.82, 2.24) is 5.32 Å². The van der Waals surface area contributed by atoms with E-state index in [4.69, 9.17) is 9.47 Å². The van der Waals surface area contributed by atoms with E-state index in [2.05, 4.69) is 5.32 Å². The van der Waals surface area contributed by atoms with E-state index < -0.39 is 21.6 Å². The lowest BCUT2D eigenvalue weighted by Gasteiger charge is -2.25. The smallest absolute Gasteiger partial charge is 0.417 e. The summed E-state index contributed by atoms with van der Waals surface area (Å²) < 4.78 is 77.0. The Labute approximate surface area is 243 Å². The zero-order valence-electron chi connectivity index (χ0n) is 23.7. The maximum atomic E-state index is 14.0. The van der Waals surface area contributed by atoms with Crippen LogP contribution in [0.5, 0.6) is 11.5 Å². The number of hydrogen-bond donors (Lipinski definition) is 1. The molecule has 3 aromatic rings. The minimum atomic E-state index is -4.57. The number of benzene rings is 3. The second-order valence-electron chi connectivity index (χ2n) is 10.8. The number of carbonyl (C=O) groups excluding carboxylic acids is 1. The molecule has 1 aliphatic carbocycles. The molecule has 2 amide bonds. The molecule has 0 atom stereocenters. The van der Waals surface area contributed by atoms with Gasteiger partial charge in [0.1, 0.15) is 11.5 Å². The van der Waals surface area contributed by atoms with Crippen LogP contribution in [0.15, 0.2) is 59.5 Å². The highest BCUT2D eigenvalue weighted by atomic mass is 32.2. The van der Waals surface area contributed by atoms with Crippen LogP contribution in [0, 0.1) is 0 Å². The number of hydrogen-bond acceptors (Lipinski definition) is 5. The van der Waals surface area contributed by atoms with Gasteiger partial charge < -0.3 is 14.8 Å². The first kappa shape index (κ1) is 29.8. The van der Waals surface area contributed by atoms with Gasteiger partial charge in [-0.3, -0.25) is 4.90 Å². The van der Waals surface area contributed by atoms with E-state index in [1.54, 1.807) is 36.1 Å². The second-order valence-corrected chi connectivity index (χ2v) is 13.0. The van der Waals surface area contributed by atoms with Crippen LogP contribution < -0.4 is 19.7 Å². The van der Waals surface area contributed by atoms with Gasteiger partial charge in [0.15, 0.2) is 9.84 Å². The van der Waals surface area contributed by atoms with Gasteiger partial charge in [0.2, 0.25) is 0 Å². The van der Waals surface area contributed by atoms with Crippen LogP contribution in [0.1, 0.15) is 49.3 Å². The molecule has 0 aromatic heterocycles. The Morgan fingerprint density at radius 3 is 2.38 bits per heavy atom. The van der Waals surface area contributed by atoms with E-state index in [0.717, 1.165) is 37.3 Å². The van der Waals surface area contributed by atoms with E-state index in [1.165, 1.54) is 38.5 Å². The molecule has 3 aromatic carbocycles. The summed E-state index contributed by atoms with van der Waals surface area (Å²) >= 11 is 0. The standard InChI is InChI=1S/C31H33F3N2O5S/c1-4-42(38,39)23-10-7-21(28(17-23)41-3)18-35-29(37)36-19-30(13-5-6-14-30)26-15-20(8-12-27(26)36)24-11-9-22(40-2)16-25(24)31(32,33)34/h7-12,15-17H,4-6,13-14,18-19H2,1-3H3,(H,35,37). The number of sulfone groups is 1. The van der Waals surface area contributed by atoms with Crippen LogP contribution in [-0.4, -0.2) is 41.0 Å². The van der Waals surface area contributed by atoms with Crippen molar-refractivity contribution in [2.24, 2.45) is 0 Å². The number of anilines is 1. The monoisotopic (exact) mass is 602 g/mol. The number of carbonyl (C=O) groups is 1. The van der Waals surface area contributed by atoms with E-state index in [0.29, 0.717) is 29.1 Å². The van der Waals surface area contributed by atoms with Gasteiger partial charge in [0, 0.05) is 29.8 Å². The number of nitrogens with zero attached hydrogens (tertiary/aromatic N) is 1. The molecular formula is C31H33F3N2O5S. The molecule has 0 radical (unpaired) electrons. The van der Waals surface area contributed by atoms with Crippen molar-refractivity contribution in [3.8, 4) is 22.6 Å². The fourth-order valence-corrected chi connectivity index (χ4v) is 7.03. The minimum absolute atomic E-state index is 0.0416. The van der Waals surface area contributed by atoms with Gasteiger partial charge in [-0.1, -0.05) is 38.0 Å². The van der Waals surface area contributed by atoms with Gasteiger partial charge in [0.05, 0.1) is 30.4 Å². The lowest BCUT2D eigenvalue weighted by atomic mass is 9.79. The molecule has 1 fully saturated rings. The third-order valence-corrected chi connectivity index (χ3v) is 10.1. The molecule has 0 unspecified atom stereocenters. The number of urea groups is 1. The van der Waals surface area contributed by atoms with Gasteiger partial charge in [-0.05, 0) is 65.9 Å². The molecule has 0 saturated heterocycles.